The van der Waals surface area contributed by atoms with Crippen molar-refractivity contribution in [3.05, 3.63) is 35.4 Å². The van der Waals surface area contributed by atoms with Gasteiger partial charge in [0, 0.05) is 12.1 Å². The summed E-state index contributed by atoms with van der Waals surface area (Å²) < 4.78 is 0. The molecule has 96 valence electrons. The Kier molecular flexibility index (Phi) is 3.97. The Morgan fingerprint density at radius 2 is 2.00 bits per heavy atom. The molecule has 0 bridgehead atoms. The van der Waals surface area contributed by atoms with Crippen LogP contribution >= 0.6 is 0 Å². The molecular formula is C14H18N2O2. The minimum Gasteiger partial charge on any atom is -0.354 e. The maximum absolute atomic E-state index is 12.0. The SMILES string of the molecule is Cc1ccc(C(=O)N[C@H]2CCCCNC2=O)cc1. The fraction of sp³-hybridized carbons (Fsp3) is 0.429. The van der Waals surface area contributed by atoms with E-state index in [0.717, 1.165) is 18.4 Å². The molecule has 0 unspecified atom stereocenters. The molecular weight excluding hydrogens is 228 g/mol. The van der Waals surface area contributed by atoms with Crippen LogP contribution in [0.5, 0.6) is 0 Å². The van der Waals surface area contributed by atoms with Crippen LogP contribution in [0.2, 0.25) is 0 Å². The molecule has 0 saturated carbocycles. The summed E-state index contributed by atoms with van der Waals surface area (Å²) >= 11 is 0. The molecule has 0 aromatic heterocycles. The lowest BCUT2D eigenvalue weighted by molar-refractivity contribution is -0.122. The molecule has 1 aliphatic rings. The summed E-state index contributed by atoms with van der Waals surface area (Å²) in [5.74, 6) is -0.259. The average molecular weight is 246 g/mol. The highest BCUT2D eigenvalue weighted by atomic mass is 16.2. The molecule has 0 aliphatic carbocycles. The number of carbonyl (C=O) groups excluding carboxylic acids is 2. The van der Waals surface area contributed by atoms with E-state index in [1.165, 1.54) is 0 Å². The summed E-state index contributed by atoms with van der Waals surface area (Å²) in [6.45, 7) is 2.68. The third kappa shape index (κ3) is 3.09. The third-order valence-electron chi connectivity index (χ3n) is 3.15. The van der Waals surface area contributed by atoms with Gasteiger partial charge in [0.05, 0.1) is 0 Å². The first-order valence-corrected chi connectivity index (χ1v) is 6.32. The Bertz CT molecular complexity index is 440. The van der Waals surface area contributed by atoms with E-state index in [2.05, 4.69) is 10.6 Å². The quantitative estimate of drug-likeness (QED) is 0.828. The second-order valence-corrected chi connectivity index (χ2v) is 4.68. The van der Waals surface area contributed by atoms with Gasteiger partial charge >= 0.3 is 0 Å². The molecule has 18 heavy (non-hydrogen) atoms. The van der Waals surface area contributed by atoms with Crippen LogP contribution in [0.3, 0.4) is 0 Å². The number of aryl methyl sites for hydroxylation is 1. The number of nitrogens with one attached hydrogen (secondary N) is 2. The fourth-order valence-corrected chi connectivity index (χ4v) is 2.02. The largest absolute Gasteiger partial charge is 0.354 e. The first kappa shape index (κ1) is 12.6. The molecule has 0 spiro atoms. The summed E-state index contributed by atoms with van der Waals surface area (Å²) in [6.07, 6.45) is 2.64. The molecule has 0 radical (unpaired) electrons. The van der Waals surface area contributed by atoms with Crippen molar-refractivity contribution >= 4 is 11.8 Å². The van der Waals surface area contributed by atoms with E-state index >= 15 is 0 Å². The highest BCUT2D eigenvalue weighted by molar-refractivity contribution is 5.97. The maximum Gasteiger partial charge on any atom is 0.251 e. The van der Waals surface area contributed by atoms with Gasteiger partial charge < -0.3 is 10.6 Å². The van der Waals surface area contributed by atoms with Crippen LogP contribution in [-0.2, 0) is 4.79 Å². The van der Waals surface area contributed by atoms with Crippen LogP contribution in [0.15, 0.2) is 24.3 Å². The predicted octanol–water partition coefficient (Wildman–Crippen LogP) is 1.39. The van der Waals surface area contributed by atoms with Gasteiger partial charge in [-0.25, -0.2) is 0 Å². The fourth-order valence-electron chi connectivity index (χ4n) is 2.02. The zero-order valence-electron chi connectivity index (χ0n) is 10.5. The first-order valence-electron chi connectivity index (χ1n) is 6.32. The number of amides is 2. The molecule has 4 heteroatoms. The normalized spacial score (nSPS) is 19.8. The molecule has 2 rings (SSSR count). The number of hydrogen-bond acceptors (Lipinski definition) is 2. The van der Waals surface area contributed by atoms with Gasteiger partial charge in [0.2, 0.25) is 5.91 Å². The van der Waals surface area contributed by atoms with Gasteiger partial charge in [-0.1, -0.05) is 17.7 Å². The van der Waals surface area contributed by atoms with E-state index < -0.39 is 6.04 Å². The van der Waals surface area contributed by atoms with Crippen molar-refractivity contribution in [2.75, 3.05) is 6.54 Å². The minimum atomic E-state index is -0.402. The van der Waals surface area contributed by atoms with E-state index in [4.69, 9.17) is 0 Å². The van der Waals surface area contributed by atoms with Crippen molar-refractivity contribution in [2.45, 2.75) is 32.2 Å². The first-order chi connectivity index (χ1) is 8.66. The van der Waals surface area contributed by atoms with E-state index in [0.29, 0.717) is 18.5 Å². The van der Waals surface area contributed by atoms with Gasteiger partial charge in [-0.3, -0.25) is 9.59 Å². The summed E-state index contributed by atoms with van der Waals surface area (Å²) in [4.78, 5) is 23.7. The molecule has 1 aliphatic heterocycles. The Labute approximate surface area is 107 Å². The molecule has 1 saturated heterocycles. The van der Waals surface area contributed by atoms with Crippen LogP contribution < -0.4 is 10.6 Å². The standard InChI is InChI=1S/C14H18N2O2/c1-10-5-7-11(8-6-10)13(17)16-12-4-2-3-9-15-14(12)18/h5-8,12H,2-4,9H2,1H3,(H,15,18)(H,16,17)/t12-/m0/s1. The summed E-state index contributed by atoms with van der Waals surface area (Å²) in [7, 11) is 0. The monoisotopic (exact) mass is 246 g/mol. The molecule has 2 amide bonds. The molecule has 1 aromatic rings. The van der Waals surface area contributed by atoms with Gasteiger partial charge in [-0.15, -0.1) is 0 Å². The van der Waals surface area contributed by atoms with Crippen molar-refractivity contribution in [3.8, 4) is 0 Å². The highest BCUT2D eigenvalue weighted by Crippen LogP contribution is 2.08. The van der Waals surface area contributed by atoms with Crippen LogP contribution in [-0.4, -0.2) is 24.4 Å². The Hall–Kier alpha value is -1.84. The second kappa shape index (κ2) is 5.67. The summed E-state index contributed by atoms with van der Waals surface area (Å²) in [6, 6.07) is 6.93. The Morgan fingerprint density at radius 1 is 1.28 bits per heavy atom. The van der Waals surface area contributed by atoms with Gasteiger partial charge in [0.25, 0.3) is 5.91 Å². The maximum atomic E-state index is 12.0. The van der Waals surface area contributed by atoms with Crippen LogP contribution in [0, 0.1) is 6.92 Å². The predicted molar refractivity (Wildman–Crippen MR) is 69.3 cm³/mol. The molecule has 1 heterocycles. The minimum absolute atomic E-state index is 0.0760. The molecule has 1 aromatic carbocycles. The number of rotatable bonds is 2. The zero-order chi connectivity index (χ0) is 13.0. The topological polar surface area (TPSA) is 58.2 Å². The second-order valence-electron chi connectivity index (χ2n) is 4.68. The Morgan fingerprint density at radius 3 is 2.72 bits per heavy atom. The molecule has 1 fully saturated rings. The van der Waals surface area contributed by atoms with Gasteiger partial charge in [-0.2, -0.15) is 0 Å². The van der Waals surface area contributed by atoms with E-state index in [1.807, 2.05) is 19.1 Å². The summed E-state index contributed by atoms with van der Waals surface area (Å²) in [5.41, 5.74) is 1.71. The number of hydrogen-bond donors (Lipinski definition) is 2. The molecule has 4 nitrogen and oxygen atoms in total. The Balaban J connectivity index is 2.01. The van der Waals surface area contributed by atoms with Crippen molar-refractivity contribution in [1.29, 1.82) is 0 Å². The lowest BCUT2D eigenvalue weighted by Crippen LogP contribution is -2.45. The highest BCUT2D eigenvalue weighted by Gasteiger charge is 2.22. The average Bonchev–Trinajstić information content (AvgIpc) is 2.56. The van der Waals surface area contributed by atoms with Crippen molar-refractivity contribution < 1.29 is 9.59 Å². The van der Waals surface area contributed by atoms with Crippen LogP contribution in [0.25, 0.3) is 0 Å². The third-order valence-corrected chi connectivity index (χ3v) is 3.15. The van der Waals surface area contributed by atoms with Crippen LogP contribution in [0.1, 0.15) is 35.2 Å². The van der Waals surface area contributed by atoms with Crippen molar-refractivity contribution in [2.24, 2.45) is 0 Å². The van der Waals surface area contributed by atoms with E-state index in [-0.39, 0.29) is 11.8 Å². The van der Waals surface area contributed by atoms with Gasteiger partial charge in [-0.05, 0) is 38.3 Å². The van der Waals surface area contributed by atoms with Gasteiger partial charge in [0.15, 0.2) is 0 Å². The van der Waals surface area contributed by atoms with E-state index in [1.54, 1.807) is 12.1 Å². The zero-order valence-corrected chi connectivity index (χ0v) is 10.5. The lowest BCUT2D eigenvalue weighted by Gasteiger charge is -2.15. The van der Waals surface area contributed by atoms with Gasteiger partial charge in [0.1, 0.15) is 6.04 Å². The molecule has 2 N–H and O–H groups in total. The lowest BCUT2D eigenvalue weighted by atomic mass is 10.1. The van der Waals surface area contributed by atoms with Crippen molar-refractivity contribution in [1.82, 2.24) is 10.6 Å². The van der Waals surface area contributed by atoms with Crippen molar-refractivity contribution in [3.63, 3.8) is 0 Å². The molecule has 1 atom stereocenters. The number of benzene rings is 1. The van der Waals surface area contributed by atoms with E-state index in [9.17, 15) is 9.59 Å². The smallest absolute Gasteiger partial charge is 0.251 e. The van der Waals surface area contributed by atoms with Crippen LogP contribution in [0.4, 0.5) is 0 Å². The number of carbonyl (C=O) groups is 2. The summed E-state index contributed by atoms with van der Waals surface area (Å²) in [5, 5.41) is 5.60.